The second-order valence-electron chi connectivity index (χ2n) is 5.41. The van der Waals surface area contributed by atoms with Crippen molar-refractivity contribution in [3.05, 3.63) is 54.1 Å². The summed E-state index contributed by atoms with van der Waals surface area (Å²) in [4.78, 5) is 4.39. The highest BCUT2D eigenvalue weighted by molar-refractivity contribution is 7.91. The lowest BCUT2D eigenvalue weighted by molar-refractivity contribution is 0.307. The van der Waals surface area contributed by atoms with Crippen molar-refractivity contribution in [3.63, 3.8) is 0 Å². The molecule has 0 saturated carbocycles. The molecule has 0 fully saturated rings. The second-order valence-corrected chi connectivity index (χ2v) is 7.28. The molecule has 0 aliphatic heterocycles. The summed E-state index contributed by atoms with van der Waals surface area (Å²) < 4.78 is 27.3. The van der Waals surface area contributed by atoms with Crippen LogP contribution in [0.4, 0.5) is 5.69 Å². The molecule has 8 heteroatoms. The number of allylic oxidation sites excluding steroid dienone is 1. The van der Waals surface area contributed by atoms with Gasteiger partial charge in [-0.25, -0.2) is 13.7 Å². The summed E-state index contributed by atoms with van der Waals surface area (Å²) in [6.07, 6.45) is 1.81. The summed E-state index contributed by atoms with van der Waals surface area (Å²) in [5.41, 5.74) is 1.39. The monoisotopic (exact) mass is 389 g/mol. The SMILES string of the molecule is C=Nc1cc(OC)ccc1/C(=C\C)Oc1ccc(S(N)(=O)=NCCO)cc1. The highest BCUT2D eigenvalue weighted by atomic mass is 32.2. The van der Waals surface area contributed by atoms with Gasteiger partial charge in [0.1, 0.15) is 27.2 Å². The zero-order valence-corrected chi connectivity index (χ0v) is 16.1. The van der Waals surface area contributed by atoms with Crippen molar-refractivity contribution in [3.8, 4) is 11.5 Å². The van der Waals surface area contributed by atoms with Crippen molar-refractivity contribution in [2.24, 2.45) is 14.5 Å². The van der Waals surface area contributed by atoms with Crippen molar-refractivity contribution in [1.29, 1.82) is 0 Å². The van der Waals surface area contributed by atoms with Gasteiger partial charge in [0.15, 0.2) is 0 Å². The molecule has 27 heavy (non-hydrogen) atoms. The van der Waals surface area contributed by atoms with E-state index in [1.807, 2.05) is 25.1 Å². The van der Waals surface area contributed by atoms with Crippen molar-refractivity contribution in [2.75, 3.05) is 20.3 Å². The first-order valence-corrected chi connectivity index (χ1v) is 9.74. The molecule has 0 heterocycles. The average molecular weight is 389 g/mol. The van der Waals surface area contributed by atoms with E-state index in [-0.39, 0.29) is 13.2 Å². The van der Waals surface area contributed by atoms with Gasteiger partial charge >= 0.3 is 0 Å². The van der Waals surface area contributed by atoms with Crippen LogP contribution in [0.5, 0.6) is 11.5 Å². The van der Waals surface area contributed by atoms with Crippen LogP contribution in [0.3, 0.4) is 0 Å². The van der Waals surface area contributed by atoms with Gasteiger partial charge in [-0.1, -0.05) is 0 Å². The van der Waals surface area contributed by atoms with E-state index in [4.69, 9.17) is 19.7 Å². The molecular weight excluding hydrogens is 366 g/mol. The van der Waals surface area contributed by atoms with Crippen LogP contribution in [0, 0.1) is 0 Å². The predicted molar refractivity (Wildman–Crippen MR) is 108 cm³/mol. The fourth-order valence-electron chi connectivity index (χ4n) is 2.33. The minimum Gasteiger partial charge on any atom is -0.497 e. The maximum absolute atomic E-state index is 12.3. The lowest BCUT2D eigenvalue weighted by atomic mass is 10.1. The van der Waals surface area contributed by atoms with E-state index < -0.39 is 9.92 Å². The van der Waals surface area contributed by atoms with Gasteiger partial charge in [-0.2, -0.15) is 0 Å². The largest absolute Gasteiger partial charge is 0.497 e. The topological polar surface area (TPSA) is 106 Å². The zero-order valence-electron chi connectivity index (χ0n) is 15.3. The molecule has 2 aromatic rings. The Labute approximate surface area is 159 Å². The fraction of sp³-hybridized carbons (Fsp3) is 0.211. The number of methoxy groups -OCH3 is 1. The highest BCUT2D eigenvalue weighted by Crippen LogP contribution is 2.32. The number of nitrogens with zero attached hydrogens (tertiary/aromatic N) is 2. The van der Waals surface area contributed by atoms with Gasteiger partial charge in [0, 0.05) is 11.6 Å². The van der Waals surface area contributed by atoms with Crippen molar-refractivity contribution in [2.45, 2.75) is 11.8 Å². The molecule has 0 saturated heterocycles. The maximum Gasteiger partial charge on any atom is 0.134 e. The van der Waals surface area contributed by atoms with Crippen LogP contribution in [0.25, 0.3) is 5.76 Å². The Morgan fingerprint density at radius 1 is 1.26 bits per heavy atom. The first kappa shape index (κ1) is 20.6. The third-order valence-electron chi connectivity index (χ3n) is 3.68. The third kappa shape index (κ3) is 5.16. The lowest BCUT2D eigenvalue weighted by Crippen LogP contribution is -2.13. The molecule has 144 valence electrons. The van der Waals surface area contributed by atoms with Crippen molar-refractivity contribution >= 4 is 28.1 Å². The zero-order chi connectivity index (χ0) is 19.9. The van der Waals surface area contributed by atoms with Gasteiger partial charge in [-0.05, 0) is 56.1 Å². The van der Waals surface area contributed by atoms with Gasteiger partial charge in [0.2, 0.25) is 0 Å². The van der Waals surface area contributed by atoms with Crippen LogP contribution in [-0.2, 0) is 9.92 Å². The average Bonchev–Trinajstić information content (AvgIpc) is 2.70. The summed E-state index contributed by atoms with van der Waals surface area (Å²) in [6.45, 7) is 5.25. The first-order chi connectivity index (χ1) is 12.9. The molecule has 2 aromatic carbocycles. The molecule has 0 aliphatic rings. The molecule has 0 radical (unpaired) electrons. The Hall–Kier alpha value is -2.68. The molecule has 3 N–H and O–H groups in total. The Bertz CT molecular complexity index is 946. The molecule has 0 aliphatic carbocycles. The Balaban J connectivity index is 2.28. The van der Waals surface area contributed by atoms with Gasteiger partial charge < -0.3 is 14.6 Å². The van der Waals surface area contributed by atoms with Crippen LogP contribution in [0.15, 0.2) is 62.8 Å². The number of nitrogens with two attached hydrogens (primary N) is 1. The third-order valence-corrected chi connectivity index (χ3v) is 5.19. The molecule has 1 unspecified atom stereocenters. The molecule has 2 rings (SSSR count). The molecule has 0 aromatic heterocycles. The number of aliphatic hydroxyl groups is 1. The van der Waals surface area contributed by atoms with E-state index in [9.17, 15) is 4.21 Å². The van der Waals surface area contributed by atoms with E-state index in [1.54, 1.807) is 37.4 Å². The summed E-state index contributed by atoms with van der Waals surface area (Å²) in [5.74, 6) is 1.80. The first-order valence-electron chi connectivity index (χ1n) is 8.16. The number of aliphatic hydroxyl groups excluding tert-OH is 1. The van der Waals surface area contributed by atoms with Crippen LogP contribution in [0.1, 0.15) is 12.5 Å². The quantitative estimate of drug-likeness (QED) is 0.534. The Morgan fingerprint density at radius 2 is 1.93 bits per heavy atom. The fourth-order valence-corrected chi connectivity index (χ4v) is 3.36. The predicted octanol–water partition coefficient (Wildman–Crippen LogP) is 3.16. The van der Waals surface area contributed by atoms with Gasteiger partial charge in [-0.3, -0.25) is 4.99 Å². The van der Waals surface area contributed by atoms with Crippen LogP contribution < -0.4 is 14.6 Å². The minimum absolute atomic E-state index is 0.0190. The number of hydrogen-bond acceptors (Lipinski definition) is 6. The van der Waals surface area contributed by atoms with Crippen LogP contribution in [0.2, 0.25) is 0 Å². The molecule has 7 nitrogen and oxygen atoms in total. The Kier molecular flexibility index (Phi) is 7.12. The molecule has 0 spiro atoms. The summed E-state index contributed by atoms with van der Waals surface area (Å²) in [6, 6.07) is 11.9. The standard InChI is InChI=1S/C19H23N3O4S/c1-4-19(17-10-7-15(25-3)13-18(17)21-2)26-14-5-8-16(9-6-14)27(20,24)22-11-12-23/h4-10,13,23H,2,11-12H2,1,3H3,(H2,20,22,24)/b19-4+. The minimum atomic E-state index is -3.04. The van der Waals surface area contributed by atoms with Crippen molar-refractivity contribution < 1.29 is 18.8 Å². The number of ether oxygens (including phenoxy) is 2. The molecule has 0 amide bonds. The summed E-state index contributed by atoms with van der Waals surface area (Å²) in [5, 5.41) is 14.5. The molecule has 1 atom stereocenters. The smallest absolute Gasteiger partial charge is 0.134 e. The molecular formula is C19H23N3O4S. The van der Waals surface area contributed by atoms with Gasteiger partial charge in [-0.15, -0.1) is 0 Å². The van der Waals surface area contributed by atoms with Crippen LogP contribution >= 0.6 is 0 Å². The number of aliphatic imine (C=N–C) groups is 1. The molecule has 0 bridgehead atoms. The van der Waals surface area contributed by atoms with E-state index in [1.165, 1.54) is 0 Å². The van der Waals surface area contributed by atoms with E-state index in [0.29, 0.717) is 27.8 Å². The number of hydrogen-bond donors (Lipinski definition) is 2. The number of rotatable bonds is 8. The normalized spacial score (nSPS) is 13.6. The van der Waals surface area contributed by atoms with Gasteiger partial charge in [0.25, 0.3) is 0 Å². The summed E-state index contributed by atoms with van der Waals surface area (Å²) >= 11 is 0. The number of benzene rings is 2. The van der Waals surface area contributed by atoms with E-state index in [0.717, 1.165) is 5.56 Å². The van der Waals surface area contributed by atoms with E-state index >= 15 is 0 Å². The summed E-state index contributed by atoms with van der Waals surface area (Å²) in [7, 11) is -1.45. The van der Waals surface area contributed by atoms with Crippen molar-refractivity contribution in [1.82, 2.24) is 0 Å². The maximum atomic E-state index is 12.3. The van der Waals surface area contributed by atoms with Crippen LogP contribution in [-0.4, -0.2) is 36.3 Å². The Morgan fingerprint density at radius 3 is 2.48 bits per heavy atom. The lowest BCUT2D eigenvalue weighted by Gasteiger charge is -2.13. The second kappa shape index (κ2) is 9.31. The van der Waals surface area contributed by atoms with Gasteiger partial charge in [0.05, 0.1) is 30.8 Å². The highest BCUT2D eigenvalue weighted by Gasteiger charge is 2.12. The van der Waals surface area contributed by atoms with E-state index in [2.05, 4.69) is 16.1 Å².